The highest BCUT2D eigenvalue weighted by atomic mass is 16.5. The van der Waals surface area contributed by atoms with Gasteiger partial charge in [-0.1, -0.05) is 18.2 Å². The highest BCUT2D eigenvalue weighted by Gasteiger charge is 2.24. The average molecular weight is 243 g/mol. The summed E-state index contributed by atoms with van der Waals surface area (Å²) in [6.45, 7) is 0. The van der Waals surface area contributed by atoms with Gasteiger partial charge < -0.3 is 10.1 Å². The van der Waals surface area contributed by atoms with E-state index in [-0.39, 0.29) is 0 Å². The maximum Gasteiger partial charge on any atom is 0.0950 e. The van der Waals surface area contributed by atoms with E-state index in [2.05, 4.69) is 21.6 Å². The second-order valence-electron chi connectivity index (χ2n) is 4.79. The van der Waals surface area contributed by atoms with Crippen LogP contribution < -0.4 is 5.32 Å². The average Bonchev–Trinajstić information content (AvgIpc) is 2.87. The molecule has 1 aliphatic rings. The molecule has 0 bridgehead atoms. The lowest BCUT2D eigenvalue weighted by molar-refractivity contribution is 0.108. The van der Waals surface area contributed by atoms with E-state index in [4.69, 9.17) is 4.74 Å². The lowest BCUT2D eigenvalue weighted by Crippen LogP contribution is -2.17. The summed E-state index contributed by atoms with van der Waals surface area (Å²) in [6.07, 6.45) is 5.54. The molecule has 1 aromatic heterocycles. The molecule has 2 unspecified atom stereocenters. The number of rotatable bonds is 3. The van der Waals surface area contributed by atoms with Gasteiger partial charge >= 0.3 is 0 Å². The lowest BCUT2D eigenvalue weighted by Gasteiger charge is -2.15. The minimum Gasteiger partial charge on any atom is -0.381 e. The third-order valence-corrected chi connectivity index (χ3v) is 3.62. The number of nitrogens with zero attached hydrogens (tertiary/aromatic N) is 2. The predicted molar refractivity (Wildman–Crippen MR) is 71.6 cm³/mol. The first-order valence-electron chi connectivity index (χ1n) is 6.36. The molecule has 1 heterocycles. The van der Waals surface area contributed by atoms with Crippen molar-refractivity contribution in [3.8, 4) is 0 Å². The summed E-state index contributed by atoms with van der Waals surface area (Å²) in [5.74, 6) is 0. The van der Waals surface area contributed by atoms with Gasteiger partial charge in [-0.2, -0.15) is 10.2 Å². The first-order valence-corrected chi connectivity index (χ1v) is 6.36. The molecule has 0 aliphatic heterocycles. The van der Waals surface area contributed by atoms with Crippen molar-refractivity contribution < 1.29 is 4.74 Å². The van der Waals surface area contributed by atoms with E-state index in [0.29, 0.717) is 12.1 Å². The second kappa shape index (κ2) is 4.90. The van der Waals surface area contributed by atoms with Crippen molar-refractivity contribution in [1.29, 1.82) is 0 Å². The summed E-state index contributed by atoms with van der Waals surface area (Å²) >= 11 is 0. The van der Waals surface area contributed by atoms with Crippen LogP contribution in [0.3, 0.4) is 0 Å². The van der Waals surface area contributed by atoms with E-state index >= 15 is 0 Å². The predicted octanol–water partition coefficient (Wildman–Crippen LogP) is 2.61. The molecule has 2 atom stereocenters. The molecule has 1 fully saturated rings. The molecule has 0 radical (unpaired) electrons. The van der Waals surface area contributed by atoms with Gasteiger partial charge in [-0.25, -0.2) is 0 Å². The van der Waals surface area contributed by atoms with E-state index in [9.17, 15) is 0 Å². The van der Waals surface area contributed by atoms with Crippen molar-refractivity contribution in [2.45, 2.75) is 31.4 Å². The van der Waals surface area contributed by atoms with Crippen LogP contribution in [0.2, 0.25) is 0 Å². The molecule has 0 spiro atoms. The Morgan fingerprint density at radius 2 is 2.17 bits per heavy atom. The van der Waals surface area contributed by atoms with E-state index in [1.54, 1.807) is 7.11 Å². The van der Waals surface area contributed by atoms with Crippen molar-refractivity contribution in [3.05, 3.63) is 30.5 Å². The quantitative estimate of drug-likeness (QED) is 0.900. The van der Waals surface area contributed by atoms with Gasteiger partial charge in [0, 0.05) is 18.5 Å². The van der Waals surface area contributed by atoms with Gasteiger partial charge in [-0.3, -0.25) is 0 Å². The van der Waals surface area contributed by atoms with Crippen LogP contribution in [0.1, 0.15) is 19.3 Å². The smallest absolute Gasteiger partial charge is 0.0950 e. The van der Waals surface area contributed by atoms with Crippen molar-refractivity contribution >= 4 is 16.6 Å². The molecule has 94 valence electrons. The Morgan fingerprint density at radius 3 is 3.00 bits per heavy atom. The summed E-state index contributed by atoms with van der Waals surface area (Å²) in [5, 5.41) is 12.9. The zero-order chi connectivity index (χ0) is 12.4. The normalized spacial score (nSPS) is 23.4. The summed E-state index contributed by atoms with van der Waals surface area (Å²) in [6, 6.07) is 8.55. The number of aromatic nitrogens is 2. The lowest BCUT2D eigenvalue weighted by atomic mass is 10.2. The number of anilines is 1. The number of methoxy groups -OCH3 is 1. The van der Waals surface area contributed by atoms with Crippen LogP contribution in [0.25, 0.3) is 10.9 Å². The van der Waals surface area contributed by atoms with Crippen molar-refractivity contribution in [2.24, 2.45) is 0 Å². The highest BCUT2D eigenvalue weighted by Crippen LogP contribution is 2.27. The van der Waals surface area contributed by atoms with Crippen LogP contribution >= 0.6 is 0 Å². The maximum absolute atomic E-state index is 5.40. The highest BCUT2D eigenvalue weighted by molar-refractivity contribution is 5.90. The third kappa shape index (κ3) is 2.16. The van der Waals surface area contributed by atoms with Crippen LogP contribution in [0, 0.1) is 0 Å². The second-order valence-corrected chi connectivity index (χ2v) is 4.79. The molecule has 1 N–H and O–H groups in total. The fraction of sp³-hybridized carbons (Fsp3) is 0.429. The van der Waals surface area contributed by atoms with Crippen LogP contribution in [0.5, 0.6) is 0 Å². The molecule has 2 aromatic rings. The van der Waals surface area contributed by atoms with Gasteiger partial charge in [0.25, 0.3) is 0 Å². The third-order valence-electron chi connectivity index (χ3n) is 3.62. The molecule has 1 aliphatic carbocycles. The Balaban J connectivity index is 1.83. The van der Waals surface area contributed by atoms with Crippen LogP contribution in [0.4, 0.5) is 5.69 Å². The summed E-state index contributed by atoms with van der Waals surface area (Å²) in [7, 11) is 1.79. The minimum absolute atomic E-state index is 0.392. The Hall–Kier alpha value is -1.68. The molecular formula is C14H17N3O. The van der Waals surface area contributed by atoms with Crippen LogP contribution in [-0.4, -0.2) is 29.5 Å². The zero-order valence-corrected chi connectivity index (χ0v) is 10.5. The minimum atomic E-state index is 0.392. The van der Waals surface area contributed by atoms with Crippen molar-refractivity contribution in [3.63, 3.8) is 0 Å². The van der Waals surface area contributed by atoms with Gasteiger partial charge in [0.2, 0.25) is 0 Å². The Morgan fingerprint density at radius 1 is 1.28 bits per heavy atom. The summed E-state index contributed by atoms with van der Waals surface area (Å²) in [4.78, 5) is 0. The molecule has 1 aromatic carbocycles. The number of hydrogen-bond donors (Lipinski definition) is 1. The fourth-order valence-electron chi connectivity index (χ4n) is 2.63. The SMILES string of the molecule is COC1CCC(Nc2cnnc3ccccc23)C1. The number of nitrogens with one attached hydrogen (secondary N) is 1. The van der Waals surface area contributed by atoms with Gasteiger partial charge in [-0.05, 0) is 25.3 Å². The maximum atomic E-state index is 5.40. The molecule has 3 rings (SSSR count). The van der Waals surface area contributed by atoms with Crippen LogP contribution in [0.15, 0.2) is 30.5 Å². The van der Waals surface area contributed by atoms with Gasteiger partial charge in [0.05, 0.1) is 23.5 Å². The van der Waals surface area contributed by atoms with E-state index in [1.165, 1.54) is 0 Å². The molecular weight excluding hydrogens is 226 g/mol. The summed E-state index contributed by atoms with van der Waals surface area (Å²) < 4.78 is 5.40. The molecule has 0 saturated heterocycles. The van der Waals surface area contributed by atoms with Gasteiger partial charge in [0.15, 0.2) is 0 Å². The van der Waals surface area contributed by atoms with Crippen molar-refractivity contribution in [2.75, 3.05) is 12.4 Å². The van der Waals surface area contributed by atoms with E-state index in [1.807, 2.05) is 24.4 Å². The van der Waals surface area contributed by atoms with E-state index < -0.39 is 0 Å². The summed E-state index contributed by atoms with van der Waals surface area (Å²) in [5.41, 5.74) is 2.01. The zero-order valence-electron chi connectivity index (χ0n) is 10.5. The Labute approximate surface area is 106 Å². The fourth-order valence-corrected chi connectivity index (χ4v) is 2.63. The number of benzene rings is 1. The van der Waals surface area contributed by atoms with Gasteiger partial charge in [0.1, 0.15) is 0 Å². The monoisotopic (exact) mass is 243 g/mol. The number of hydrogen-bond acceptors (Lipinski definition) is 4. The molecule has 4 nitrogen and oxygen atoms in total. The topological polar surface area (TPSA) is 47.0 Å². The van der Waals surface area contributed by atoms with E-state index in [0.717, 1.165) is 35.9 Å². The van der Waals surface area contributed by atoms with Crippen molar-refractivity contribution in [1.82, 2.24) is 10.2 Å². The standard InChI is InChI=1S/C14H17N3O/c1-18-11-7-6-10(8-11)16-14-9-15-17-13-5-3-2-4-12(13)14/h2-5,9-11H,6-8H2,1H3,(H,16,17). The molecule has 18 heavy (non-hydrogen) atoms. The molecule has 1 saturated carbocycles. The molecule has 4 heteroatoms. The number of ether oxygens (including phenoxy) is 1. The van der Waals surface area contributed by atoms with Gasteiger partial charge in [-0.15, -0.1) is 0 Å². The molecule has 0 amide bonds. The first kappa shape index (κ1) is 11.4. The Bertz CT molecular complexity index is 538. The number of fused-ring (bicyclic) bond motifs is 1. The van der Waals surface area contributed by atoms with Crippen LogP contribution in [-0.2, 0) is 4.74 Å². The first-order chi connectivity index (χ1) is 8.86. The largest absolute Gasteiger partial charge is 0.381 e. The Kier molecular flexibility index (Phi) is 3.11.